The maximum atomic E-state index is 15.0. The quantitative estimate of drug-likeness (QED) is 0.0186. The maximum absolute atomic E-state index is 15.0. The maximum Gasteiger partial charge on any atom is 0.343 e. The van der Waals surface area contributed by atoms with Gasteiger partial charge in [0.15, 0.2) is 5.60 Å². The van der Waals surface area contributed by atoms with Crippen LogP contribution in [-0.2, 0) is 87.3 Å². The van der Waals surface area contributed by atoms with Crippen LogP contribution in [0.25, 0.3) is 22.3 Å². The summed E-state index contributed by atoms with van der Waals surface area (Å²) in [7, 11) is 0. The molecular weight excluding hydrogens is 998 g/mol. The normalized spacial score (nSPS) is 16.2. The average Bonchev–Trinajstić information content (AvgIpc) is 3.95. The predicted molar refractivity (Wildman–Crippen MR) is 268 cm³/mol. The highest BCUT2D eigenvalue weighted by Gasteiger charge is 2.45. The van der Waals surface area contributed by atoms with Gasteiger partial charge >= 0.3 is 5.97 Å². The second kappa shape index (κ2) is 27.7. The van der Waals surface area contributed by atoms with Crippen LogP contribution >= 0.6 is 0 Å². The number of carbonyl (C=O) groups is 8. The van der Waals surface area contributed by atoms with Crippen molar-refractivity contribution in [3.63, 3.8) is 0 Å². The summed E-state index contributed by atoms with van der Waals surface area (Å²) in [6.45, 7) is 6.28. The molecule has 3 aliphatic heterocycles. The van der Waals surface area contributed by atoms with Crippen molar-refractivity contribution in [2.24, 2.45) is 5.73 Å². The summed E-state index contributed by atoms with van der Waals surface area (Å²) >= 11 is 0. The summed E-state index contributed by atoms with van der Waals surface area (Å²) in [6, 6.07) is 2.29. The van der Waals surface area contributed by atoms with Gasteiger partial charge in [-0.2, -0.15) is 0 Å². The lowest BCUT2D eigenvalue weighted by atomic mass is 9.86. The van der Waals surface area contributed by atoms with E-state index in [0.717, 1.165) is 17.1 Å². The summed E-state index contributed by atoms with van der Waals surface area (Å²) in [5.41, 5.74) is 5.64. The van der Waals surface area contributed by atoms with Gasteiger partial charge in [0.1, 0.15) is 24.5 Å². The number of cyclic esters (lactones) is 1. The van der Waals surface area contributed by atoms with Gasteiger partial charge in [-0.1, -0.05) is 6.92 Å². The Morgan fingerprint density at radius 3 is 2.17 bits per heavy atom. The Kier molecular flexibility index (Phi) is 21.2. The van der Waals surface area contributed by atoms with Crippen LogP contribution in [0.3, 0.4) is 0 Å². The number of hydrogen-bond donors (Lipinski definition) is 7. The monoisotopic (exact) mass is 1060 g/mol. The largest absolute Gasteiger partial charge is 0.458 e. The van der Waals surface area contributed by atoms with Crippen molar-refractivity contribution < 1.29 is 71.5 Å². The van der Waals surface area contributed by atoms with Gasteiger partial charge in [0.2, 0.25) is 29.5 Å². The third-order valence-corrected chi connectivity index (χ3v) is 12.9. The molecule has 0 fully saturated rings. The number of aromatic nitrogens is 2. The van der Waals surface area contributed by atoms with Crippen molar-refractivity contribution in [1.29, 1.82) is 0 Å². The number of aliphatic hydroxyl groups is 1. The lowest BCUT2D eigenvalue weighted by Crippen LogP contribution is -2.53. The number of carbonyl (C=O) groups excluding carboxylic acids is 8. The Morgan fingerprint density at radius 1 is 0.829 bits per heavy atom. The highest BCUT2D eigenvalue weighted by Crippen LogP contribution is 2.40. The van der Waals surface area contributed by atoms with Crippen molar-refractivity contribution in [1.82, 2.24) is 41.0 Å². The molecule has 6 rings (SSSR count). The number of unbranched alkanes of at least 4 members (excludes halogenated alkanes) is 1. The number of nitrogens with two attached hydrogens (primary N) is 1. The summed E-state index contributed by atoms with van der Waals surface area (Å²) in [5.74, 6) is -4.93. The number of amides is 7. The smallest absolute Gasteiger partial charge is 0.343 e. The van der Waals surface area contributed by atoms with Crippen LogP contribution in [0.5, 0.6) is 0 Å². The summed E-state index contributed by atoms with van der Waals surface area (Å²) in [4.78, 5) is 120. The van der Waals surface area contributed by atoms with Crippen LogP contribution in [0, 0.1) is 12.7 Å². The van der Waals surface area contributed by atoms with Gasteiger partial charge in [-0.3, -0.25) is 43.3 Å². The molecule has 5 heterocycles. The molecule has 0 aliphatic carbocycles. The fraction of sp³-hybridized carbons (Fsp3) is 0.529. The van der Waals surface area contributed by atoms with Crippen LogP contribution in [-0.4, -0.2) is 158 Å². The van der Waals surface area contributed by atoms with Crippen molar-refractivity contribution >= 4 is 58.2 Å². The minimum absolute atomic E-state index is 0.00243. The van der Waals surface area contributed by atoms with Gasteiger partial charge in [-0.15, -0.1) is 0 Å². The number of esters is 1. The van der Waals surface area contributed by atoms with E-state index in [9.17, 15) is 52.6 Å². The number of imide groups is 1. The number of pyridine rings is 2. The van der Waals surface area contributed by atoms with Gasteiger partial charge in [0, 0.05) is 67.2 Å². The Bertz CT molecular complexity index is 2750. The number of aryl methyl sites for hydroxylation is 1. The lowest BCUT2D eigenvalue weighted by Gasteiger charge is -2.31. The molecule has 1 aromatic carbocycles. The highest BCUT2D eigenvalue weighted by atomic mass is 19.1. The van der Waals surface area contributed by atoms with Crippen molar-refractivity contribution in [2.75, 3.05) is 79.0 Å². The Hall–Kier alpha value is -7.03. The average molecular weight is 1060 g/mol. The molecule has 25 heteroatoms. The van der Waals surface area contributed by atoms with E-state index in [0.29, 0.717) is 72.7 Å². The predicted octanol–water partition coefficient (Wildman–Crippen LogP) is -0.734. The van der Waals surface area contributed by atoms with Crippen molar-refractivity contribution in [3.05, 3.63) is 74.3 Å². The number of nitrogens with one attached hydrogen (secondary N) is 5. The van der Waals surface area contributed by atoms with Gasteiger partial charge in [-0.05, 0) is 69.3 Å². The topological polar surface area (TPSA) is 327 Å². The first-order valence-corrected chi connectivity index (χ1v) is 25.2. The number of rotatable bonds is 31. The first-order chi connectivity index (χ1) is 36.5. The van der Waals surface area contributed by atoms with Crippen molar-refractivity contribution in [3.8, 4) is 11.4 Å². The molecule has 76 heavy (non-hydrogen) atoms. The number of nitrogens with zero attached hydrogens (tertiary/aromatic N) is 3. The minimum atomic E-state index is -2.06. The van der Waals surface area contributed by atoms with Gasteiger partial charge < -0.3 is 65.7 Å². The fourth-order valence-electron chi connectivity index (χ4n) is 8.61. The molecular formula is C51H66FN9O15. The third-order valence-electron chi connectivity index (χ3n) is 12.9. The second-order valence-corrected chi connectivity index (χ2v) is 18.2. The molecule has 2 aromatic heterocycles. The highest BCUT2D eigenvalue weighted by molar-refractivity contribution is 6.13. The number of benzene rings is 1. The van der Waals surface area contributed by atoms with E-state index in [2.05, 4.69) is 26.6 Å². The second-order valence-electron chi connectivity index (χ2n) is 18.2. The summed E-state index contributed by atoms with van der Waals surface area (Å²) in [5, 5.41) is 25.1. The van der Waals surface area contributed by atoms with E-state index in [1.165, 1.54) is 23.6 Å². The van der Waals surface area contributed by atoms with E-state index in [1.807, 2.05) is 0 Å². The zero-order valence-electron chi connectivity index (χ0n) is 42.9. The molecule has 0 saturated heterocycles. The molecule has 412 valence electrons. The van der Waals surface area contributed by atoms with E-state index >= 15 is 0 Å². The molecule has 0 spiro atoms. The van der Waals surface area contributed by atoms with Crippen LogP contribution < -0.4 is 37.9 Å². The standard InChI is InChI=1S/C51H66FN9O15/c1-4-51(71)36-24-40-46-34(28-61(40)49(69)35(36)29-76-50(51)70)33(32-23-30(2)37(52)25-39(32)58-46)26-55-43(64)27-56-48(68)38(7-5-6-12-53)59-47(67)31(3)57-42(63)11-15-72-17-19-74-21-22-75-20-18-73-16-13-54-41(62)10-14-60-44(65)8-9-45(60)66/h8-9,23-25,31,38,71H,4-7,10-22,26-29,53H2,1-3H3,(H,54,62)(H,55,64)(H,56,68)(H,57,63)(H,59,67)/t31-,38-,51+/m1/s1. The van der Waals surface area contributed by atoms with Crippen LogP contribution in [0.1, 0.15) is 80.2 Å². The number of fused-ring (bicyclic) bond motifs is 5. The summed E-state index contributed by atoms with van der Waals surface area (Å²) < 4.78 is 43.4. The molecule has 24 nitrogen and oxygen atoms in total. The Labute approximate surface area is 436 Å². The number of hydrogen-bond acceptors (Lipinski definition) is 17. The van der Waals surface area contributed by atoms with E-state index in [4.69, 9.17) is 34.4 Å². The Morgan fingerprint density at radius 2 is 1.50 bits per heavy atom. The molecule has 0 unspecified atom stereocenters. The van der Waals surface area contributed by atoms with Crippen LogP contribution in [0.15, 0.2) is 35.1 Å². The SMILES string of the molecule is CC[C@@]1(O)C(=O)OCc2c1cc1n(c2=O)Cc2c-1nc1cc(F)c(C)cc1c2CNC(=O)CNC(=O)[C@@H](CCCCN)NC(=O)[C@@H](C)NC(=O)CCOCCOCCOCCOCCNC(=O)CCN1C(=O)C=CC1=O. The molecule has 3 aromatic rings. The molecule has 7 amide bonds. The molecule has 3 aliphatic rings. The van der Waals surface area contributed by atoms with Gasteiger partial charge in [-0.25, -0.2) is 14.2 Å². The summed E-state index contributed by atoms with van der Waals surface area (Å²) in [6.07, 6.45) is 3.44. The first-order valence-electron chi connectivity index (χ1n) is 25.2. The molecule has 3 atom stereocenters. The van der Waals surface area contributed by atoms with Gasteiger partial charge in [0.25, 0.3) is 17.4 Å². The molecule has 0 radical (unpaired) electrons. The molecule has 8 N–H and O–H groups in total. The minimum Gasteiger partial charge on any atom is -0.458 e. The zero-order chi connectivity index (χ0) is 54.9. The third kappa shape index (κ3) is 14.9. The van der Waals surface area contributed by atoms with E-state index in [-0.39, 0.29) is 114 Å². The number of ether oxygens (including phenoxy) is 5. The lowest BCUT2D eigenvalue weighted by molar-refractivity contribution is -0.172. The zero-order valence-corrected chi connectivity index (χ0v) is 42.9. The van der Waals surface area contributed by atoms with Gasteiger partial charge in [0.05, 0.1) is 88.4 Å². The van der Waals surface area contributed by atoms with E-state index in [1.54, 1.807) is 19.9 Å². The van der Waals surface area contributed by atoms with Crippen molar-refractivity contribution in [2.45, 2.75) is 96.7 Å². The number of halogens is 1. The van der Waals surface area contributed by atoms with Crippen LogP contribution in [0.4, 0.5) is 4.39 Å². The first kappa shape index (κ1) is 58.2. The molecule has 0 bridgehead atoms. The van der Waals surface area contributed by atoms with Crippen LogP contribution in [0.2, 0.25) is 0 Å². The van der Waals surface area contributed by atoms with E-state index < -0.39 is 77.0 Å². The fourth-order valence-corrected chi connectivity index (χ4v) is 8.61. The molecule has 0 saturated carbocycles. The Balaban J connectivity index is 0.883.